The van der Waals surface area contributed by atoms with Gasteiger partial charge in [0.2, 0.25) is 0 Å². The number of rotatable bonds is 16. The van der Waals surface area contributed by atoms with Crippen LogP contribution in [0.5, 0.6) is 11.5 Å². The van der Waals surface area contributed by atoms with Crippen molar-refractivity contribution in [3.8, 4) is 11.5 Å². The first-order valence-electron chi connectivity index (χ1n) is 13.6. The smallest absolute Gasteiger partial charge is 0.343 e. The van der Waals surface area contributed by atoms with Crippen molar-refractivity contribution in [3.05, 3.63) is 70.1 Å². The molecule has 1 aromatic heterocycles. The van der Waals surface area contributed by atoms with Crippen LogP contribution in [0.1, 0.15) is 100 Å². The van der Waals surface area contributed by atoms with Gasteiger partial charge in [0.15, 0.2) is 5.43 Å². The van der Waals surface area contributed by atoms with Gasteiger partial charge < -0.3 is 13.9 Å². The van der Waals surface area contributed by atoms with Gasteiger partial charge in [0.05, 0.1) is 17.6 Å². The molecule has 3 aromatic rings. The molecule has 5 nitrogen and oxygen atoms in total. The summed E-state index contributed by atoms with van der Waals surface area (Å²) in [7, 11) is 0. The van der Waals surface area contributed by atoms with Crippen LogP contribution in [0.4, 0.5) is 0 Å². The molecule has 5 heteroatoms. The molecule has 0 saturated carbocycles. The summed E-state index contributed by atoms with van der Waals surface area (Å²) in [4.78, 5) is 24.7. The van der Waals surface area contributed by atoms with Crippen LogP contribution < -0.4 is 14.9 Å². The summed E-state index contributed by atoms with van der Waals surface area (Å²) in [6, 6.07) is 13.2. The SMILES string of the molecule is CCCCCCCCCCCCCCOc1ccc(C(=O)Oc2ccc3oc(C)cc(=O)c3c2)cc1. The van der Waals surface area contributed by atoms with E-state index in [2.05, 4.69) is 6.92 Å². The summed E-state index contributed by atoms with van der Waals surface area (Å²) in [5.41, 5.74) is 0.722. The highest BCUT2D eigenvalue weighted by Gasteiger charge is 2.11. The Labute approximate surface area is 214 Å². The Morgan fingerprint density at radius 1 is 0.750 bits per heavy atom. The Morgan fingerprint density at radius 2 is 1.33 bits per heavy atom. The Bertz CT molecular complexity index is 1130. The van der Waals surface area contributed by atoms with Gasteiger partial charge >= 0.3 is 5.97 Å². The Kier molecular flexibility index (Phi) is 11.6. The number of unbranched alkanes of at least 4 members (excludes halogenated alkanes) is 11. The molecule has 1 heterocycles. The van der Waals surface area contributed by atoms with Gasteiger partial charge in [-0.1, -0.05) is 77.6 Å². The molecule has 0 bridgehead atoms. The van der Waals surface area contributed by atoms with E-state index in [9.17, 15) is 9.59 Å². The Hall–Kier alpha value is -3.08. The van der Waals surface area contributed by atoms with Gasteiger partial charge in [-0.2, -0.15) is 0 Å². The number of ether oxygens (including phenoxy) is 2. The van der Waals surface area contributed by atoms with Gasteiger partial charge in [-0.3, -0.25) is 4.79 Å². The highest BCUT2D eigenvalue weighted by molar-refractivity contribution is 5.91. The third-order valence-corrected chi connectivity index (χ3v) is 6.39. The van der Waals surface area contributed by atoms with Gasteiger partial charge in [0, 0.05) is 6.07 Å². The monoisotopic (exact) mass is 492 g/mol. The van der Waals surface area contributed by atoms with Crippen LogP contribution in [-0.2, 0) is 0 Å². The third-order valence-electron chi connectivity index (χ3n) is 6.39. The number of hydrogen-bond donors (Lipinski definition) is 0. The minimum Gasteiger partial charge on any atom is -0.494 e. The standard InChI is InChI=1S/C31H40O5/c1-3-4-5-6-7-8-9-10-11-12-13-14-21-34-26-17-15-25(16-18-26)31(33)36-27-19-20-30-28(23-27)29(32)22-24(2)35-30/h15-20,22-23H,3-14,21H2,1-2H3. The van der Waals surface area contributed by atoms with Crippen molar-refractivity contribution < 1.29 is 18.7 Å². The quantitative estimate of drug-likeness (QED) is 0.114. The minimum atomic E-state index is -0.488. The van der Waals surface area contributed by atoms with Gasteiger partial charge in [-0.25, -0.2) is 4.79 Å². The number of carbonyl (C=O) groups excluding carboxylic acids is 1. The molecule has 0 unspecified atom stereocenters. The van der Waals surface area contributed by atoms with E-state index in [0.29, 0.717) is 34.6 Å². The van der Waals surface area contributed by atoms with Crippen LogP contribution in [0.15, 0.2) is 57.7 Å². The number of aryl methyl sites for hydroxylation is 1. The van der Waals surface area contributed by atoms with Crippen molar-refractivity contribution in [2.75, 3.05) is 6.61 Å². The van der Waals surface area contributed by atoms with Crippen LogP contribution in [0.2, 0.25) is 0 Å². The van der Waals surface area contributed by atoms with E-state index in [1.807, 2.05) is 0 Å². The average molecular weight is 493 g/mol. The first kappa shape index (κ1) is 27.5. The maximum Gasteiger partial charge on any atom is 0.343 e. The zero-order chi connectivity index (χ0) is 25.6. The fourth-order valence-electron chi connectivity index (χ4n) is 4.31. The minimum absolute atomic E-state index is 0.165. The van der Waals surface area contributed by atoms with E-state index >= 15 is 0 Å². The molecule has 36 heavy (non-hydrogen) atoms. The zero-order valence-corrected chi connectivity index (χ0v) is 21.9. The summed E-state index contributed by atoms with van der Waals surface area (Å²) >= 11 is 0. The number of esters is 1. The lowest BCUT2D eigenvalue weighted by atomic mass is 10.1. The van der Waals surface area contributed by atoms with Crippen molar-refractivity contribution in [2.45, 2.75) is 90.9 Å². The summed E-state index contributed by atoms with van der Waals surface area (Å²) in [5, 5.41) is 0.382. The van der Waals surface area contributed by atoms with Gasteiger partial charge in [0.1, 0.15) is 22.8 Å². The zero-order valence-electron chi connectivity index (χ0n) is 21.9. The number of fused-ring (bicyclic) bond motifs is 1. The molecule has 0 radical (unpaired) electrons. The summed E-state index contributed by atoms with van der Waals surface area (Å²) in [6.45, 7) is 4.67. The highest BCUT2D eigenvalue weighted by Crippen LogP contribution is 2.21. The molecule has 0 fully saturated rings. The molecule has 0 atom stereocenters. The molecule has 0 N–H and O–H groups in total. The van der Waals surface area contributed by atoms with Crippen LogP contribution in [-0.4, -0.2) is 12.6 Å². The first-order chi connectivity index (χ1) is 17.6. The van der Waals surface area contributed by atoms with Crippen molar-refractivity contribution in [1.82, 2.24) is 0 Å². The molecule has 194 valence electrons. The predicted octanol–water partition coefficient (Wildman–Crippen LogP) is 8.40. The van der Waals surface area contributed by atoms with E-state index < -0.39 is 5.97 Å². The van der Waals surface area contributed by atoms with Crippen LogP contribution in [0, 0.1) is 6.92 Å². The lowest BCUT2D eigenvalue weighted by Gasteiger charge is -2.08. The molecule has 0 aliphatic rings. The maximum absolute atomic E-state index is 12.5. The Morgan fingerprint density at radius 3 is 1.97 bits per heavy atom. The van der Waals surface area contributed by atoms with Crippen molar-refractivity contribution >= 4 is 16.9 Å². The number of benzene rings is 2. The van der Waals surface area contributed by atoms with Crippen molar-refractivity contribution in [2.24, 2.45) is 0 Å². The molecular weight excluding hydrogens is 452 g/mol. The lowest BCUT2D eigenvalue weighted by Crippen LogP contribution is -2.09. The molecular formula is C31H40O5. The molecule has 0 amide bonds. The molecule has 0 aliphatic heterocycles. The van der Waals surface area contributed by atoms with E-state index in [1.165, 1.54) is 82.8 Å². The maximum atomic E-state index is 12.5. The molecule has 0 spiro atoms. The number of carbonyl (C=O) groups is 1. The summed E-state index contributed by atoms with van der Waals surface area (Å²) < 4.78 is 16.8. The molecule has 2 aromatic carbocycles. The normalized spacial score (nSPS) is 11.1. The first-order valence-corrected chi connectivity index (χ1v) is 13.6. The lowest BCUT2D eigenvalue weighted by molar-refractivity contribution is 0.0735. The molecule has 0 saturated heterocycles. The van der Waals surface area contributed by atoms with E-state index in [0.717, 1.165) is 12.2 Å². The predicted molar refractivity (Wildman–Crippen MR) is 145 cm³/mol. The van der Waals surface area contributed by atoms with Gasteiger partial charge in [-0.05, 0) is 55.8 Å². The summed E-state index contributed by atoms with van der Waals surface area (Å²) in [5.74, 6) is 1.10. The van der Waals surface area contributed by atoms with Crippen LogP contribution in [0.3, 0.4) is 0 Å². The van der Waals surface area contributed by atoms with Crippen LogP contribution in [0.25, 0.3) is 11.0 Å². The Balaban J connectivity index is 1.31. The highest BCUT2D eigenvalue weighted by atomic mass is 16.5. The largest absolute Gasteiger partial charge is 0.494 e. The topological polar surface area (TPSA) is 65.7 Å². The third kappa shape index (κ3) is 9.18. The fourth-order valence-corrected chi connectivity index (χ4v) is 4.31. The molecule has 3 rings (SSSR count). The second kappa shape index (κ2) is 15.1. The number of hydrogen-bond acceptors (Lipinski definition) is 5. The second-order valence-electron chi connectivity index (χ2n) is 9.53. The second-order valence-corrected chi connectivity index (χ2v) is 9.53. The van der Waals surface area contributed by atoms with E-state index in [1.54, 1.807) is 43.3 Å². The van der Waals surface area contributed by atoms with Crippen molar-refractivity contribution in [3.63, 3.8) is 0 Å². The van der Waals surface area contributed by atoms with E-state index in [4.69, 9.17) is 13.9 Å². The fraction of sp³-hybridized carbons (Fsp3) is 0.484. The van der Waals surface area contributed by atoms with E-state index in [-0.39, 0.29) is 5.43 Å². The van der Waals surface area contributed by atoms with Gasteiger partial charge in [-0.15, -0.1) is 0 Å². The van der Waals surface area contributed by atoms with Crippen LogP contribution >= 0.6 is 0 Å². The average Bonchev–Trinajstić information content (AvgIpc) is 2.87. The van der Waals surface area contributed by atoms with Gasteiger partial charge in [0.25, 0.3) is 0 Å². The van der Waals surface area contributed by atoms with Crippen molar-refractivity contribution in [1.29, 1.82) is 0 Å². The molecule has 0 aliphatic carbocycles. The summed E-state index contributed by atoms with van der Waals surface area (Å²) in [6.07, 6.45) is 15.8.